The summed E-state index contributed by atoms with van der Waals surface area (Å²) < 4.78 is 5.28. The summed E-state index contributed by atoms with van der Waals surface area (Å²) in [6.07, 6.45) is 0. The molecule has 2 aromatic rings. The van der Waals surface area contributed by atoms with E-state index in [2.05, 4.69) is 11.1 Å². The summed E-state index contributed by atoms with van der Waals surface area (Å²) in [5.41, 5.74) is 9.95. The number of anilines is 1. The van der Waals surface area contributed by atoms with Gasteiger partial charge in [0, 0.05) is 10.9 Å². The van der Waals surface area contributed by atoms with Gasteiger partial charge in [-0.1, -0.05) is 0 Å². The van der Waals surface area contributed by atoms with Gasteiger partial charge in [-0.2, -0.15) is 0 Å². The topological polar surface area (TPSA) is 48.1 Å². The molecule has 0 bridgehead atoms. The highest BCUT2D eigenvalue weighted by atomic mass is 32.1. The fraction of sp³-hybridized carbons (Fsp3) is 0.250. The largest absolute Gasteiger partial charge is 0.496 e. The summed E-state index contributed by atoms with van der Waals surface area (Å²) in [6, 6.07) is 4.11. The lowest BCUT2D eigenvalue weighted by Crippen LogP contribution is -1.92. The summed E-state index contributed by atoms with van der Waals surface area (Å²) >= 11 is 1.46. The zero-order chi connectivity index (χ0) is 11.7. The van der Waals surface area contributed by atoms with Gasteiger partial charge < -0.3 is 10.5 Å². The molecule has 0 saturated carbocycles. The minimum Gasteiger partial charge on any atom is -0.496 e. The van der Waals surface area contributed by atoms with E-state index in [1.165, 1.54) is 11.3 Å². The molecule has 1 aromatic heterocycles. The average Bonchev–Trinajstić information content (AvgIpc) is 2.67. The molecule has 4 heteroatoms. The van der Waals surface area contributed by atoms with Crippen molar-refractivity contribution in [2.45, 2.75) is 13.8 Å². The van der Waals surface area contributed by atoms with Crippen molar-refractivity contribution >= 4 is 16.5 Å². The van der Waals surface area contributed by atoms with Crippen LogP contribution in [0.1, 0.15) is 11.1 Å². The third-order valence-corrected chi connectivity index (χ3v) is 3.21. The molecule has 84 valence electrons. The van der Waals surface area contributed by atoms with E-state index in [9.17, 15) is 0 Å². The second-order valence-electron chi connectivity index (χ2n) is 3.71. The highest BCUT2D eigenvalue weighted by Crippen LogP contribution is 2.31. The Kier molecular flexibility index (Phi) is 2.83. The third kappa shape index (κ3) is 1.88. The van der Waals surface area contributed by atoms with Crippen molar-refractivity contribution in [3.63, 3.8) is 0 Å². The number of methoxy groups -OCH3 is 1. The fourth-order valence-corrected chi connectivity index (χ4v) is 2.26. The van der Waals surface area contributed by atoms with Crippen LogP contribution in [0.15, 0.2) is 17.5 Å². The zero-order valence-corrected chi connectivity index (χ0v) is 10.4. The first-order valence-electron chi connectivity index (χ1n) is 4.98. The van der Waals surface area contributed by atoms with Crippen LogP contribution in [0.4, 0.5) is 5.13 Å². The Morgan fingerprint density at radius 3 is 2.56 bits per heavy atom. The maximum atomic E-state index is 5.64. The Hall–Kier alpha value is -1.55. The van der Waals surface area contributed by atoms with Gasteiger partial charge in [0.15, 0.2) is 5.13 Å². The third-order valence-electron chi connectivity index (χ3n) is 2.54. The lowest BCUT2D eigenvalue weighted by Gasteiger charge is -2.09. The molecule has 1 heterocycles. The predicted molar refractivity (Wildman–Crippen MR) is 68.0 cm³/mol. The SMILES string of the molecule is COc1cc(C)c(-c2csc(N)n2)cc1C. The molecule has 0 radical (unpaired) electrons. The first-order valence-corrected chi connectivity index (χ1v) is 5.86. The number of ether oxygens (including phenoxy) is 1. The molecule has 0 atom stereocenters. The average molecular weight is 234 g/mol. The molecule has 16 heavy (non-hydrogen) atoms. The van der Waals surface area contributed by atoms with E-state index in [0.717, 1.165) is 28.1 Å². The molecule has 1 aromatic carbocycles. The Labute approximate surface area is 98.9 Å². The van der Waals surface area contributed by atoms with Crippen LogP contribution in [-0.2, 0) is 0 Å². The second-order valence-corrected chi connectivity index (χ2v) is 4.60. The van der Waals surface area contributed by atoms with Crippen molar-refractivity contribution in [2.24, 2.45) is 0 Å². The van der Waals surface area contributed by atoms with Crippen molar-refractivity contribution in [2.75, 3.05) is 12.8 Å². The molecule has 0 spiro atoms. The normalized spacial score (nSPS) is 10.4. The molecule has 0 aliphatic heterocycles. The Balaban J connectivity index is 2.54. The van der Waals surface area contributed by atoms with E-state index in [1.807, 2.05) is 25.3 Å². The summed E-state index contributed by atoms with van der Waals surface area (Å²) in [5, 5.41) is 2.58. The minimum atomic E-state index is 0.600. The first kappa shape index (κ1) is 11.0. The van der Waals surface area contributed by atoms with Gasteiger partial charge in [-0.25, -0.2) is 4.98 Å². The van der Waals surface area contributed by atoms with Crippen molar-refractivity contribution in [1.29, 1.82) is 0 Å². The van der Waals surface area contributed by atoms with Crippen LogP contribution in [-0.4, -0.2) is 12.1 Å². The lowest BCUT2D eigenvalue weighted by atomic mass is 10.0. The molecular formula is C12H14N2OS. The smallest absolute Gasteiger partial charge is 0.180 e. The van der Waals surface area contributed by atoms with Gasteiger partial charge in [0.05, 0.1) is 12.8 Å². The number of hydrogen-bond acceptors (Lipinski definition) is 4. The predicted octanol–water partition coefficient (Wildman–Crippen LogP) is 3.02. The van der Waals surface area contributed by atoms with Crippen LogP contribution in [0.2, 0.25) is 0 Å². The van der Waals surface area contributed by atoms with E-state index in [-0.39, 0.29) is 0 Å². The number of nitrogens with two attached hydrogens (primary N) is 1. The van der Waals surface area contributed by atoms with Crippen LogP contribution in [0, 0.1) is 13.8 Å². The molecule has 0 fully saturated rings. The standard InChI is InChI=1S/C12H14N2OS/c1-7-5-11(15-3)8(2)4-9(7)10-6-16-12(13)14-10/h4-6H,1-3H3,(H2,13,14). The van der Waals surface area contributed by atoms with Crippen LogP contribution < -0.4 is 10.5 Å². The maximum absolute atomic E-state index is 5.64. The molecule has 3 nitrogen and oxygen atoms in total. The van der Waals surface area contributed by atoms with Crippen LogP contribution in [0.3, 0.4) is 0 Å². The van der Waals surface area contributed by atoms with Crippen LogP contribution >= 0.6 is 11.3 Å². The molecule has 0 aliphatic carbocycles. The van der Waals surface area contributed by atoms with Gasteiger partial charge in [-0.15, -0.1) is 11.3 Å². The Morgan fingerprint density at radius 1 is 1.25 bits per heavy atom. The summed E-state index contributed by atoms with van der Waals surface area (Å²) in [6.45, 7) is 4.07. The first-order chi connectivity index (χ1) is 7.61. The van der Waals surface area contributed by atoms with Crippen LogP contribution in [0.5, 0.6) is 5.75 Å². The number of thiazole rings is 1. The van der Waals surface area contributed by atoms with Crippen molar-refractivity contribution in [3.05, 3.63) is 28.6 Å². The summed E-state index contributed by atoms with van der Waals surface area (Å²) in [4.78, 5) is 4.29. The van der Waals surface area contributed by atoms with E-state index >= 15 is 0 Å². The molecule has 0 amide bonds. The second kappa shape index (κ2) is 4.14. The number of nitrogen functional groups attached to an aromatic ring is 1. The molecule has 0 aliphatic rings. The van der Waals surface area contributed by atoms with Gasteiger partial charge in [0.2, 0.25) is 0 Å². The fourth-order valence-electron chi connectivity index (χ4n) is 1.70. The molecular weight excluding hydrogens is 220 g/mol. The number of nitrogens with zero attached hydrogens (tertiary/aromatic N) is 1. The van der Waals surface area contributed by atoms with Gasteiger partial charge in [-0.05, 0) is 37.1 Å². The Morgan fingerprint density at radius 2 is 2.00 bits per heavy atom. The van der Waals surface area contributed by atoms with E-state index < -0.39 is 0 Å². The quantitative estimate of drug-likeness (QED) is 0.869. The highest BCUT2D eigenvalue weighted by Gasteiger charge is 2.09. The lowest BCUT2D eigenvalue weighted by molar-refractivity contribution is 0.411. The van der Waals surface area contributed by atoms with Crippen molar-refractivity contribution in [3.8, 4) is 17.0 Å². The molecule has 0 saturated heterocycles. The number of aryl methyl sites for hydroxylation is 2. The van der Waals surface area contributed by atoms with Crippen molar-refractivity contribution in [1.82, 2.24) is 4.98 Å². The number of benzene rings is 1. The number of aromatic nitrogens is 1. The van der Waals surface area contributed by atoms with Crippen molar-refractivity contribution < 1.29 is 4.74 Å². The van der Waals surface area contributed by atoms with Crippen LogP contribution in [0.25, 0.3) is 11.3 Å². The summed E-state index contributed by atoms with van der Waals surface area (Å²) in [7, 11) is 1.68. The Bertz CT molecular complexity index is 520. The van der Waals surface area contributed by atoms with Gasteiger partial charge in [0.25, 0.3) is 0 Å². The minimum absolute atomic E-state index is 0.600. The monoisotopic (exact) mass is 234 g/mol. The highest BCUT2D eigenvalue weighted by molar-refractivity contribution is 7.13. The number of hydrogen-bond donors (Lipinski definition) is 1. The summed E-state index contributed by atoms with van der Waals surface area (Å²) in [5.74, 6) is 0.907. The molecule has 2 rings (SSSR count). The maximum Gasteiger partial charge on any atom is 0.180 e. The van der Waals surface area contributed by atoms with E-state index in [0.29, 0.717) is 5.13 Å². The molecule has 0 unspecified atom stereocenters. The van der Waals surface area contributed by atoms with Gasteiger partial charge in [-0.3, -0.25) is 0 Å². The zero-order valence-electron chi connectivity index (χ0n) is 9.57. The van der Waals surface area contributed by atoms with Gasteiger partial charge >= 0.3 is 0 Å². The number of rotatable bonds is 2. The van der Waals surface area contributed by atoms with E-state index in [4.69, 9.17) is 10.5 Å². The van der Waals surface area contributed by atoms with E-state index in [1.54, 1.807) is 7.11 Å². The van der Waals surface area contributed by atoms with Gasteiger partial charge in [0.1, 0.15) is 5.75 Å². The molecule has 2 N–H and O–H groups in total.